The van der Waals surface area contributed by atoms with E-state index in [1.807, 2.05) is 24.3 Å². The molecule has 7 heteroatoms. The van der Waals surface area contributed by atoms with Gasteiger partial charge in [0, 0.05) is 57.9 Å². The predicted octanol–water partition coefficient (Wildman–Crippen LogP) is 3.15. The lowest BCUT2D eigenvalue weighted by Gasteiger charge is -2.39. The first-order chi connectivity index (χ1) is 13.9. The van der Waals surface area contributed by atoms with Crippen LogP contribution in [-0.4, -0.2) is 49.4 Å². The number of benzene rings is 2. The van der Waals surface area contributed by atoms with Gasteiger partial charge in [0.1, 0.15) is 0 Å². The lowest BCUT2D eigenvalue weighted by atomic mass is 9.95. The van der Waals surface area contributed by atoms with Crippen molar-refractivity contribution in [2.24, 2.45) is 0 Å². The van der Waals surface area contributed by atoms with Gasteiger partial charge in [-0.1, -0.05) is 0 Å². The maximum absolute atomic E-state index is 12.4. The predicted molar refractivity (Wildman–Crippen MR) is 124 cm³/mol. The van der Waals surface area contributed by atoms with Gasteiger partial charge in [-0.05, 0) is 79.0 Å². The third-order valence-corrected chi connectivity index (χ3v) is 6.23. The monoisotopic (exact) mass is 502 g/mol. The number of nitrogens with one attached hydrogen (secondary N) is 2. The Morgan fingerprint density at radius 1 is 1.07 bits per heavy atom. The first kappa shape index (κ1) is 19.9. The first-order valence-corrected chi connectivity index (χ1v) is 10.7. The van der Waals surface area contributed by atoms with Crippen LogP contribution >= 0.6 is 22.6 Å². The third kappa shape index (κ3) is 4.16. The van der Waals surface area contributed by atoms with Crippen LogP contribution in [0.2, 0.25) is 0 Å². The first-order valence-electron chi connectivity index (χ1n) is 9.60. The number of nitrogens with zero attached hydrogens (tertiary/aromatic N) is 2. The van der Waals surface area contributed by atoms with Gasteiger partial charge in [-0.15, -0.1) is 0 Å². The van der Waals surface area contributed by atoms with Crippen LogP contribution in [0.5, 0.6) is 0 Å². The van der Waals surface area contributed by atoms with Gasteiger partial charge in [-0.2, -0.15) is 0 Å². The van der Waals surface area contributed by atoms with Crippen LogP contribution in [0.4, 0.5) is 11.4 Å². The number of carbonyl (C=O) groups excluding carboxylic acids is 2. The van der Waals surface area contributed by atoms with Crippen molar-refractivity contribution in [1.82, 2.24) is 10.2 Å². The molecule has 0 aliphatic carbocycles. The molecule has 0 radical (unpaired) electrons. The van der Waals surface area contributed by atoms with E-state index in [4.69, 9.17) is 0 Å². The molecule has 2 aliphatic rings. The number of rotatable bonds is 3. The summed E-state index contributed by atoms with van der Waals surface area (Å²) in [6.07, 6.45) is 1.67. The van der Waals surface area contributed by atoms with Crippen molar-refractivity contribution in [3.8, 4) is 0 Å². The van der Waals surface area contributed by atoms with Crippen LogP contribution in [0.1, 0.15) is 22.8 Å². The summed E-state index contributed by atoms with van der Waals surface area (Å²) in [5.41, 5.74) is 3.71. The van der Waals surface area contributed by atoms with Crippen LogP contribution in [-0.2, 0) is 4.79 Å². The molecule has 2 heterocycles. The summed E-state index contributed by atoms with van der Waals surface area (Å²) in [7, 11) is 2.16. The molecule has 2 amide bonds. The Balaban J connectivity index is 1.52. The topological polar surface area (TPSA) is 64.7 Å². The number of imide groups is 1. The highest BCUT2D eigenvalue weighted by molar-refractivity contribution is 14.1. The molecule has 0 bridgehead atoms. The Morgan fingerprint density at radius 2 is 1.83 bits per heavy atom. The molecule has 29 heavy (non-hydrogen) atoms. The van der Waals surface area contributed by atoms with E-state index in [1.165, 1.54) is 5.69 Å². The average Bonchev–Trinajstić information content (AvgIpc) is 2.70. The Morgan fingerprint density at radius 3 is 2.55 bits per heavy atom. The summed E-state index contributed by atoms with van der Waals surface area (Å²) in [5, 5.41) is 5.60. The van der Waals surface area contributed by atoms with Crippen LogP contribution in [0.15, 0.2) is 48.7 Å². The zero-order valence-corrected chi connectivity index (χ0v) is 18.6. The van der Waals surface area contributed by atoms with Crippen molar-refractivity contribution in [2.75, 3.05) is 36.9 Å². The molecule has 1 atom stereocenters. The maximum Gasteiger partial charge on any atom is 0.260 e. The van der Waals surface area contributed by atoms with E-state index < -0.39 is 0 Å². The fourth-order valence-corrected chi connectivity index (χ4v) is 4.14. The van der Waals surface area contributed by atoms with E-state index in [2.05, 4.69) is 69.1 Å². The molecule has 0 spiro atoms. The van der Waals surface area contributed by atoms with Crippen LogP contribution < -0.4 is 15.5 Å². The lowest BCUT2D eigenvalue weighted by molar-refractivity contribution is -0.114. The molecule has 150 valence electrons. The van der Waals surface area contributed by atoms with Crippen molar-refractivity contribution in [3.05, 3.63) is 63.4 Å². The molecule has 1 unspecified atom stereocenters. The van der Waals surface area contributed by atoms with E-state index in [-0.39, 0.29) is 11.8 Å². The molecular formula is C22H23IN4O2. The third-order valence-electron chi connectivity index (χ3n) is 5.56. The summed E-state index contributed by atoms with van der Waals surface area (Å²) in [5.74, 6) is -0.746. The van der Waals surface area contributed by atoms with Gasteiger partial charge < -0.3 is 15.1 Å². The molecule has 1 saturated heterocycles. The lowest BCUT2D eigenvalue weighted by Crippen LogP contribution is -2.50. The van der Waals surface area contributed by atoms with E-state index in [0.717, 1.165) is 28.9 Å². The Bertz CT molecular complexity index is 987. The van der Waals surface area contributed by atoms with Gasteiger partial charge in [-0.25, -0.2) is 0 Å². The maximum atomic E-state index is 12.4. The summed E-state index contributed by atoms with van der Waals surface area (Å²) in [6.45, 7) is 5.32. The summed E-state index contributed by atoms with van der Waals surface area (Å²) in [6, 6.07) is 14.2. The number of fused-ring (bicyclic) bond motifs is 1. The molecule has 2 aromatic rings. The van der Waals surface area contributed by atoms with Crippen LogP contribution in [0.3, 0.4) is 0 Å². The summed E-state index contributed by atoms with van der Waals surface area (Å²) < 4.78 is 0.973. The normalized spacial score (nSPS) is 21.1. The standard InChI is InChI=1S/C22H23IN4O2/c1-14-13-27(10-9-26(14)2)17-6-4-16(5-7-17)24-12-20-19-11-15(23)3-8-18(19)21(28)25-22(20)29/h3-8,11-12,14,24H,9-10,13H2,1-2H3,(H,25,28,29)/b20-12-. The number of amides is 2. The summed E-state index contributed by atoms with van der Waals surface area (Å²) in [4.78, 5) is 29.2. The highest BCUT2D eigenvalue weighted by atomic mass is 127. The molecule has 2 aromatic carbocycles. The zero-order chi connectivity index (χ0) is 20.5. The Kier molecular flexibility index (Phi) is 5.60. The number of piperazine rings is 1. The fraction of sp³-hybridized carbons (Fsp3) is 0.273. The molecular weight excluding hydrogens is 479 g/mol. The van der Waals surface area contributed by atoms with Gasteiger partial charge in [0.15, 0.2) is 0 Å². The molecule has 2 N–H and O–H groups in total. The summed E-state index contributed by atoms with van der Waals surface area (Å²) >= 11 is 2.18. The van der Waals surface area contributed by atoms with Gasteiger partial charge >= 0.3 is 0 Å². The van der Waals surface area contributed by atoms with Crippen molar-refractivity contribution >= 4 is 51.4 Å². The van der Waals surface area contributed by atoms with Gasteiger partial charge in [-0.3, -0.25) is 14.9 Å². The molecule has 2 aliphatic heterocycles. The highest BCUT2D eigenvalue weighted by Gasteiger charge is 2.27. The molecule has 4 rings (SSSR count). The van der Waals surface area contributed by atoms with E-state index >= 15 is 0 Å². The van der Waals surface area contributed by atoms with Gasteiger partial charge in [0.05, 0.1) is 5.57 Å². The van der Waals surface area contributed by atoms with E-state index in [1.54, 1.807) is 12.3 Å². The van der Waals surface area contributed by atoms with E-state index in [0.29, 0.717) is 22.7 Å². The smallest absolute Gasteiger partial charge is 0.260 e. The number of halogens is 1. The number of hydrogen-bond donors (Lipinski definition) is 2. The molecule has 0 saturated carbocycles. The number of anilines is 2. The minimum atomic E-state index is -0.389. The van der Waals surface area contributed by atoms with Crippen molar-refractivity contribution < 1.29 is 9.59 Å². The number of hydrogen-bond acceptors (Lipinski definition) is 5. The fourth-order valence-electron chi connectivity index (χ4n) is 3.65. The van der Waals surface area contributed by atoms with Crippen molar-refractivity contribution in [2.45, 2.75) is 13.0 Å². The number of carbonyl (C=O) groups is 2. The Labute approximate surface area is 184 Å². The quantitative estimate of drug-likeness (QED) is 0.384. The van der Waals surface area contributed by atoms with Gasteiger partial charge in [0.25, 0.3) is 11.8 Å². The zero-order valence-electron chi connectivity index (χ0n) is 16.4. The molecule has 1 fully saturated rings. The minimum Gasteiger partial charge on any atom is -0.369 e. The Hall–Kier alpha value is -2.39. The second kappa shape index (κ2) is 8.16. The number of likely N-dealkylation sites (N-methyl/N-ethyl adjacent to an activating group) is 1. The average molecular weight is 502 g/mol. The highest BCUT2D eigenvalue weighted by Crippen LogP contribution is 2.27. The van der Waals surface area contributed by atoms with Crippen molar-refractivity contribution in [3.63, 3.8) is 0 Å². The molecule has 6 nitrogen and oxygen atoms in total. The van der Waals surface area contributed by atoms with E-state index in [9.17, 15) is 9.59 Å². The van der Waals surface area contributed by atoms with Gasteiger partial charge in [0.2, 0.25) is 0 Å². The second-order valence-electron chi connectivity index (χ2n) is 7.50. The largest absolute Gasteiger partial charge is 0.369 e. The van der Waals surface area contributed by atoms with Crippen LogP contribution in [0, 0.1) is 3.57 Å². The minimum absolute atomic E-state index is 0.357. The second-order valence-corrected chi connectivity index (χ2v) is 8.74. The van der Waals surface area contributed by atoms with Crippen LogP contribution in [0.25, 0.3) is 5.57 Å². The van der Waals surface area contributed by atoms with Crippen molar-refractivity contribution in [1.29, 1.82) is 0 Å². The SMILES string of the molecule is CC1CN(c2ccc(N/C=C3\C(=O)NC(=O)c4ccc(I)cc43)cc2)CCN1C. The molecule has 0 aromatic heterocycles.